The minimum absolute atomic E-state index is 0.0591. The second kappa shape index (κ2) is 32.0. The number of carboxylic acid groups (broad SMARTS) is 1. The number of H-pyrrole nitrogens is 1. The van der Waals surface area contributed by atoms with E-state index in [-0.39, 0.29) is 51.0 Å². The lowest BCUT2D eigenvalue weighted by molar-refractivity contribution is -0.142. The summed E-state index contributed by atoms with van der Waals surface area (Å²) >= 11 is 0. The number of para-hydroxylation sites is 1. The number of carbonyl (C=O) groups excluding carboxylic acids is 10. The molecule has 4 rings (SSSR count). The van der Waals surface area contributed by atoms with Crippen molar-refractivity contribution < 1.29 is 73.2 Å². The molecule has 27 heteroatoms. The Morgan fingerprint density at radius 2 is 1.12 bits per heavy atom. The normalized spacial score (nSPS) is 24.9. The third-order valence-electron chi connectivity index (χ3n) is 13.4. The molecule has 1 aliphatic rings. The van der Waals surface area contributed by atoms with E-state index in [4.69, 9.17) is 5.73 Å². The van der Waals surface area contributed by atoms with E-state index in [2.05, 4.69) is 58.2 Å². The van der Waals surface area contributed by atoms with E-state index in [9.17, 15) is 73.2 Å². The van der Waals surface area contributed by atoms with Crippen LogP contribution in [0.1, 0.15) is 105 Å². The van der Waals surface area contributed by atoms with Gasteiger partial charge in [-0.05, 0) is 89.8 Å². The van der Waals surface area contributed by atoms with Crippen LogP contribution in [0, 0.1) is 5.92 Å². The molecule has 0 bridgehead atoms. The lowest BCUT2D eigenvalue weighted by Gasteiger charge is -2.30. The summed E-state index contributed by atoms with van der Waals surface area (Å²) in [5.74, 6) is -11.7. The number of hydrogen-bond acceptors (Lipinski definition) is 15. The predicted molar refractivity (Wildman–Crippen MR) is 302 cm³/mol. The second-order valence-electron chi connectivity index (χ2n) is 22.2. The summed E-state index contributed by atoms with van der Waals surface area (Å²) in [4.78, 5) is 155. The lowest BCUT2D eigenvalue weighted by Crippen LogP contribution is -2.64. The van der Waals surface area contributed by atoms with Crippen LogP contribution in [-0.2, 0) is 65.6 Å². The SMILES string of the molecule is CC(C)C[C@@H]1NC(=O)[C@H](CCC(N)=O)NC(=O)[C@H](Cc2ccccc2)NC(=O)[C@H](Cc2c[nH]c3ccccc23)NC(=O)[C@H]([C@@H](C)O)NC(=O)[C@H]([C@@H](C)O)NC(=O)[C@H](CC(=O)O)NC(=O)[C@H](CO)NC(=O)[C@@H](NC(C)(C)C)CCCCNC1=O. The van der Waals surface area contributed by atoms with Gasteiger partial charge in [0.25, 0.3) is 0 Å². The molecule has 0 aliphatic carbocycles. The average molecular weight is 1160 g/mol. The highest BCUT2D eigenvalue weighted by atomic mass is 16.4. The van der Waals surface area contributed by atoms with Crippen molar-refractivity contribution in [2.75, 3.05) is 13.2 Å². The van der Waals surface area contributed by atoms with Crippen LogP contribution in [-0.4, -0.2) is 176 Å². The van der Waals surface area contributed by atoms with E-state index in [1.54, 1.807) is 81.6 Å². The van der Waals surface area contributed by atoms with Crippen molar-refractivity contribution >= 4 is 75.9 Å². The van der Waals surface area contributed by atoms with Gasteiger partial charge < -0.3 is 84.3 Å². The number of hydrogen-bond donors (Lipinski definition) is 16. The van der Waals surface area contributed by atoms with Crippen LogP contribution in [0.15, 0.2) is 60.8 Å². The van der Waals surface area contributed by atoms with E-state index in [1.165, 1.54) is 0 Å². The van der Waals surface area contributed by atoms with Gasteiger partial charge in [0.2, 0.25) is 59.1 Å². The number of primary amides is 1. The maximum absolute atomic E-state index is 14.8. The number of nitrogens with two attached hydrogens (primary N) is 1. The van der Waals surface area contributed by atoms with Crippen LogP contribution in [0.2, 0.25) is 0 Å². The number of carboxylic acids is 1. The number of carbonyl (C=O) groups is 11. The minimum atomic E-state index is -2.00. The van der Waals surface area contributed by atoms with Gasteiger partial charge in [0.05, 0.1) is 31.3 Å². The third-order valence-corrected chi connectivity index (χ3v) is 13.4. The van der Waals surface area contributed by atoms with Crippen molar-refractivity contribution in [3.63, 3.8) is 0 Å². The zero-order valence-corrected chi connectivity index (χ0v) is 47.8. The van der Waals surface area contributed by atoms with E-state index in [0.29, 0.717) is 34.9 Å². The molecule has 83 heavy (non-hydrogen) atoms. The van der Waals surface area contributed by atoms with Crippen molar-refractivity contribution in [1.82, 2.24) is 58.2 Å². The number of fused-ring (bicyclic) bond motifs is 1. The molecule has 1 fully saturated rings. The van der Waals surface area contributed by atoms with Crippen molar-refractivity contribution in [2.24, 2.45) is 11.7 Å². The number of aromatic nitrogens is 1. The molecule has 11 atom stereocenters. The van der Waals surface area contributed by atoms with Crippen LogP contribution in [0.25, 0.3) is 10.9 Å². The molecule has 27 nitrogen and oxygen atoms in total. The monoisotopic (exact) mass is 1160 g/mol. The van der Waals surface area contributed by atoms with Gasteiger partial charge in [0, 0.05) is 48.4 Å². The molecular formula is C56H82N12O15. The predicted octanol–water partition coefficient (Wildman–Crippen LogP) is -2.57. The van der Waals surface area contributed by atoms with Crippen LogP contribution in [0.4, 0.5) is 0 Å². The minimum Gasteiger partial charge on any atom is -0.481 e. The summed E-state index contributed by atoms with van der Waals surface area (Å²) < 4.78 is 0. The van der Waals surface area contributed by atoms with Crippen molar-refractivity contribution in [3.05, 3.63) is 71.9 Å². The zero-order valence-electron chi connectivity index (χ0n) is 47.8. The summed E-state index contributed by atoms with van der Waals surface area (Å²) in [6.07, 6.45) is -3.41. The van der Waals surface area contributed by atoms with Gasteiger partial charge in [-0.1, -0.05) is 62.4 Å². The van der Waals surface area contributed by atoms with Crippen LogP contribution in [0.5, 0.6) is 0 Å². The fourth-order valence-electron chi connectivity index (χ4n) is 9.16. The summed E-state index contributed by atoms with van der Waals surface area (Å²) in [6.45, 7) is 10.2. The molecule has 2 aromatic carbocycles. The Morgan fingerprint density at radius 1 is 0.614 bits per heavy atom. The number of aliphatic hydroxyl groups excluding tert-OH is 3. The molecule has 456 valence electrons. The highest BCUT2D eigenvalue weighted by molar-refractivity contribution is 5.99. The molecule has 1 aliphatic heterocycles. The Balaban J connectivity index is 1.83. The van der Waals surface area contributed by atoms with Crippen LogP contribution < -0.4 is 58.9 Å². The first-order valence-electron chi connectivity index (χ1n) is 27.6. The quantitative estimate of drug-likeness (QED) is 0.0744. The second-order valence-corrected chi connectivity index (χ2v) is 22.2. The molecule has 0 unspecified atom stereocenters. The fourth-order valence-corrected chi connectivity index (χ4v) is 9.16. The standard InChI is InChI=1S/C56H82N12O15/c1-29(2)23-38-47(75)58-22-14-13-19-37(68-56(5,6)7)49(77)65-42(28-69)53(81)63-41(26-44(73)74)52(80)66-46(31(4)71)55(83)67-45(30(3)70)54(82)64-40(25-33-27-59-35-18-12-11-17-34(33)35)51(79)62-39(24-32-15-9-8-10-16-32)50(78)60-36(48(76)61-38)20-21-43(57)72/h8-12,15-18,27,29-31,36-42,45-46,59,68-71H,13-14,19-26,28H2,1-7H3,(H2,57,72)(H,58,75)(H,60,78)(H,61,76)(H,62,79)(H,63,81)(H,64,82)(H,65,77)(H,66,80)(H,67,83)(H,73,74)/t30-,31-,36+,37+,38+,39+,40+,41+,42+,45+,46+/m1/s1. The number of benzene rings is 2. The topological polar surface area (TPSA) is 431 Å². The zero-order chi connectivity index (χ0) is 61.7. The summed E-state index contributed by atoms with van der Waals surface area (Å²) in [5.41, 5.74) is 6.52. The van der Waals surface area contributed by atoms with Crippen LogP contribution >= 0.6 is 0 Å². The van der Waals surface area contributed by atoms with Gasteiger partial charge in [0.15, 0.2) is 0 Å². The number of nitrogens with one attached hydrogen (secondary N) is 11. The van der Waals surface area contributed by atoms with Gasteiger partial charge in [-0.3, -0.25) is 52.7 Å². The smallest absolute Gasteiger partial charge is 0.305 e. The number of aliphatic hydroxyl groups is 3. The molecule has 1 aromatic heterocycles. The van der Waals surface area contributed by atoms with Gasteiger partial charge in [-0.2, -0.15) is 0 Å². The molecule has 0 radical (unpaired) electrons. The lowest BCUT2D eigenvalue weighted by atomic mass is 10.00. The first-order valence-corrected chi connectivity index (χ1v) is 27.6. The first kappa shape index (κ1) is 67.5. The summed E-state index contributed by atoms with van der Waals surface area (Å²) in [7, 11) is 0. The summed E-state index contributed by atoms with van der Waals surface area (Å²) in [6, 6.07) is 0.945. The molecule has 0 spiro atoms. The number of amides is 10. The van der Waals surface area contributed by atoms with Gasteiger partial charge in [0.1, 0.15) is 48.3 Å². The van der Waals surface area contributed by atoms with Gasteiger partial charge in [-0.15, -0.1) is 0 Å². The number of rotatable bonds is 15. The fraction of sp³-hybridized carbons (Fsp3) is 0.554. The molecular weight excluding hydrogens is 1080 g/mol. The highest BCUT2D eigenvalue weighted by Gasteiger charge is 2.38. The number of aromatic amines is 1. The molecule has 1 saturated heterocycles. The van der Waals surface area contributed by atoms with E-state index in [1.807, 2.05) is 13.8 Å². The van der Waals surface area contributed by atoms with Crippen molar-refractivity contribution in [3.8, 4) is 0 Å². The summed E-state index contributed by atoms with van der Waals surface area (Å²) in [5, 5.41) is 68.1. The van der Waals surface area contributed by atoms with E-state index >= 15 is 0 Å². The third kappa shape index (κ3) is 22.0. The van der Waals surface area contributed by atoms with E-state index < -0.39 is 150 Å². The van der Waals surface area contributed by atoms with Crippen LogP contribution in [0.3, 0.4) is 0 Å². The Kier molecular flexibility index (Phi) is 26.0. The maximum atomic E-state index is 14.8. The van der Waals surface area contributed by atoms with Gasteiger partial charge >= 0.3 is 5.97 Å². The maximum Gasteiger partial charge on any atom is 0.305 e. The Hall–Kier alpha value is -8.01. The molecule has 17 N–H and O–H groups in total. The highest BCUT2D eigenvalue weighted by Crippen LogP contribution is 2.20. The largest absolute Gasteiger partial charge is 0.481 e. The Bertz CT molecular complexity index is 2750. The molecule has 3 aromatic rings. The molecule has 0 saturated carbocycles. The first-order chi connectivity index (χ1) is 39.1. The Morgan fingerprint density at radius 3 is 1.71 bits per heavy atom. The molecule has 2 heterocycles. The average Bonchev–Trinajstić information content (AvgIpc) is 3.99. The Labute approximate surface area is 480 Å². The van der Waals surface area contributed by atoms with E-state index in [0.717, 1.165) is 13.8 Å². The van der Waals surface area contributed by atoms with Crippen molar-refractivity contribution in [1.29, 1.82) is 0 Å². The van der Waals surface area contributed by atoms with Gasteiger partial charge in [-0.25, -0.2) is 0 Å². The number of aliphatic carboxylic acids is 1. The van der Waals surface area contributed by atoms with Crippen molar-refractivity contribution in [2.45, 2.75) is 178 Å². The molecule has 10 amide bonds.